The van der Waals surface area contributed by atoms with Crippen molar-refractivity contribution in [3.8, 4) is 0 Å². The maximum absolute atomic E-state index is 14.0. The van der Waals surface area contributed by atoms with E-state index in [1.54, 1.807) is 0 Å². The molecule has 1 aromatic heterocycles. The van der Waals surface area contributed by atoms with Gasteiger partial charge in [0.1, 0.15) is 0 Å². The summed E-state index contributed by atoms with van der Waals surface area (Å²) in [7, 11) is 2.02. The van der Waals surface area contributed by atoms with Crippen molar-refractivity contribution >= 4 is 29.2 Å². The Bertz CT molecular complexity index is 1350. The van der Waals surface area contributed by atoms with Crippen LogP contribution in [0.15, 0.2) is 91.4 Å². The molecule has 1 atom stereocenters. The molecule has 0 unspecified atom stereocenters. The number of benzene rings is 3. The lowest BCUT2D eigenvalue weighted by Gasteiger charge is -2.31. The van der Waals surface area contributed by atoms with Gasteiger partial charge in [-0.1, -0.05) is 77.8 Å². The van der Waals surface area contributed by atoms with E-state index in [-0.39, 0.29) is 12.1 Å². The lowest BCUT2D eigenvalue weighted by Crippen LogP contribution is -2.43. The average Bonchev–Trinajstić information content (AvgIpc) is 3.58. The molecular formula is C31H33Cl2N5O. The number of amides is 2. The summed E-state index contributed by atoms with van der Waals surface area (Å²) in [4.78, 5) is 24.6. The lowest BCUT2D eigenvalue weighted by molar-refractivity contribution is 0.143. The number of carbonyl (C=O) groups excluding carboxylic acids is 1. The number of aromatic nitrogens is 2. The third kappa shape index (κ3) is 7.21. The summed E-state index contributed by atoms with van der Waals surface area (Å²) >= 11 is 12.5. The molecule has 2 heterocycles. The summed E-state index contributed by atoms with van der Waals surface area (Å²) in [5, 5.41) is 1.33. The Morgan fingerprint density at radius 1 is 0.872 bits per heavy atom. The molecule has 2 amide bonds. The molecule has 8 heteroatoms. The Labute approximate surface area is 240 Å². The maximum atomic E-state index is 14.0. The monoisotopic (exact) mass is 561 g/mol. The largest absolute Gasteiger partial charge is 0.337 e. The minimum Gasteiger partial charge on any atom is -0.337 e. The molecular weight excluding hydrogens is 529 g/mol. The van der Waals surface area contributed by atoms with Crippen LogP contribution in [0.4, 0.5) is 4.79 Å². The Kier molecular flexibility index (Phi) is 8.87. The highest BCUT2D eigenvalue weighted by molar-refractivity contribution is 6.30. The molecule has 1 fully saturated rings. The number of urea groups is 1. The molecule has 1 aliphatic heterocycles. The van der Waals surface area contributed by atoms with Crippen molar-refractivity contribution in [1.82, 2.24) is 24.3 Å². The van der Waals surface area contributed by atoms with Gasteiger partial charge in [0, 0.05) is 68.6 Å². The molecule has 1 saturated heterocycles. The van der Waals surface area contributed by atoms with E-state index < -0.39 is 0 Å². The van der Waals surface area contributed by atoms with Gasteiger partial charge in [0.15, 0.2) is 0 Å². The van der Waals surface area contributed by atoms with Crippen molar-refractivity contribution in [3.63, 3.8) is 0 Å². The third-order valence-electron chi connectivity index (χ3n) is 7.26. The van der Waals surface area contributed by atoms with Gasteiger partial charge in [-0.25, -0.2) is 9.78 Å². The fourth-order valence-electron chi connectivity index (χ4n) is 5.19. The van der Waals surface area contributed by atoms with Gasteiger partial charge in [0.05, 0.1) is 12.0 Å². The molecule has 39 heavy (non-hydrogen) atoms. The molecule has 3 aromatic carbocycles. The van der Waals surface area contributed by atoms with Gasteiger partial charge in [-0.3, -0.25) is 4.90 Å². The van der Waals surface area contributed by atoms with Crippen molar-refractivity contribution in [3.05, 3.63) is 124 Å². The summed E-state index contributed by atoms with van der Waals surface area (Å²) in [5.74, 6) is 0. The van der Waals surface area contributed by atoms with Gasteiger partial charge in [-0.2, -0.15) is 0 Å². The van der Waals surface area contributed by atoms with Gasteiger partial charge in [0.2, 0.25) is 0 Å². The van der Waals surface area contributed by atoms with Crippen LogP contribution in [0.3, 0.4) is 0 Å². The van der Waals surface area contributed by atoms with Gasteiger partial charge < -0.3 is 14.4 Å². The van der Waals surface area contributed by atoms with Crippen LogP contribution >= 0.6 is 23.2 Å². The number of imidazole rings is 1. The number of nitrogens with zero attached hydrogens (tertiary/aromatic N) is 5. The summed E-state index contributed by atoms with van der Waals surface area (Å²) in [5.41, 5.74) is 4.40. The molecule has 202 valence electrons. The van der Waals surface area contributed by atoms with E-state index in [1.165, 1.54) is 5.56 Å². The first-order valence-electron chi connectivity index (χ1n) is 13.2. The minimum atomic E-state index is 0.0256. The molecule has 1 aliphatic rings. The highest BCUT2D eigenvalue weighted by Gasteiger charge is 2.33. The summed E-state index contributed by atoms with van der Waals surface area (Å²) < 4.78 is 2.06. The number of aryl methyl sites for hydroxylation is 1. The molecule has 0 radical (unpaired) electrons. The highest BCUT2D eigenvalue weighted by Crippen LogP contribution is 2.24. The zero-order valence-corrected chi connectivity index (χ0v) is 23.6. The van der Waals surface area contributed by atoms with Crippen LogP contribution in [0.2, 0.25) is 10.0 Å². The van der Waals surface area contributed by atoms with E-state index in [2.05, 4.69) is 38.7 Å². The predicted octanol–water partition coefficient (Wildman–Crippen LogP) is 6.63. The Balaban J connectivity index is 1.34. The van der Waals surface area contributed by atoms with Crippen LogP contribution in [0.5, 0.6) is 0 Å². The molecule has 0 spiro atoms. The van der Waals surface area contributed by atoms with Crippen LogP contribution in [0.1, 0.15) is 28.8 Å². The molecule has 6 nitrogen and oxygen atoms in total. The van der Waals surface area contributed by atoms with E-state index in [0.717, 1.165) is 36.3 Å². The lowest BCUT2D eigenvalue weighted by atomic mass is 10.1. The number of halogens is 2. The van der Waals surface area contributed by atoms with E-state index in [9.17, 15) is 4.79 Å². The second kappa shape index (κ2) is 12.7. The SMILES string of the molecule is Cn1cncc1CN(Cc1ccccc1)[C@H]1CCN(C(=O)N(Cc2cccc(Cl)c2)Cc2cccc(Cl)c2)C1. The molecule has 0 saturated carbocycles. The number of hydrogen-bond donors (Lipinski definition) is 0. The molecule has 0 bridgehead atoms. The van der Waals surface area contributed by atoms with Crippen LogP contribution < -0.4 is 0 Å². The summed E-state index contributed by atoms with van der Waals surface area (Å²) in [6.45, 7) is 3.90. The zero-order chi connectivity index (χ0) is 27.2. The van der Waals surface area contributed by atoms with Crippen LogP contribution in [-0.4, -0.2) is 49.4 Å². The fourth-order valence-corrected chi connectivity index (χ4v) is 5.62. The predicted molar refractivity (Wildman–Crippen MR) is 156 cm³/mol. The van der Waals surface area contributed by atoms with Crippen LogP contribution in [-0.2, 0) is 33.2 Å². The molecule has 4 aromatic rings. The van der Waals surface area contributed by atoms with Crippen LogP contribution in [0.25, 0.3) is 0 Å². The standard InChI is InChI=1S/C31H33Cl2N5O/c1-35-23-34-17-30(35)22-37(18-24-7-3-2-4-8-24)29-13-14-36(21-29)31(39)38(19-25-9-5-11-27(32)15-25)20-26-10-6-12-28(33)16-26/h2-12,15-17,23,29H,13-14,18-22H2,1H3/t29-/m0/s1. The number of rotatable bonds is 9. The van der Waals surface area contributed by atoms with Crippen molar-refractivity contribution in [1.29, 1.82) is 0 Å². The quantitative estimate of drug-likeness (QED) is 0.230. The molecule has 5 rings (SSSR count). The normalized spacial score (nSPS) is 15.2. The zero-order valence-electron chi connectivity index (χ0n) is 22.1. The van der Waals surface area contributed by atoms with E-state index in [1.807, 2.05) is 84.0 Å². The van der Waals surface area contributed by atoms with E-state index in [4.69, 9.17) is 23.2 Å². The fraction of sp³-hybridized carbons (Fsp3) is 0.290. The Morgan fingerprint density at radius 2 is 1.51 bits per heavy atom. The van der Waals surface area contributed by atoms with Gasteiger partial charge in [-0.15, -0.1) is 0 Å². The minimum absolute atomic E-state index is 0.0256. The van der Waals surface area contributed by atoms with Gasteiger partial charge >= 0.3 is 6.03 Å². The van der Waals surface area contributed by atoms with E-state index >= 15 is 0 Å². The Morgan fingerprint density at radius 3 is 2.10 bits per heavy atom. The average molecular weight is 563 g/mol. The third-order valence-corrected chi connectivity index (χ3v) is 7.73. The molecule has 0 aliphatic carbocycles. The summed E-state index contributed by atoms with van der Waals surface area (Å²) in [6.07, 6.45) is 4.68. The number of likely N-dealkylation sites (tertiary alicyclic amines) is 1. The first-order chi connectivity index (χ1) is 18.9. The topological polar surface area (TPSA) is 44.6 Å². The highest BCUT2D eigenvalue weighted by atomic mass is 35.5. The Hall–Kier alpha value is -3.32. The van der Waals surface area contributed by atoms with Crippen molar-refractivity contribution in [2.24, 2.45) is 7.05 Å². The number of carbonyl (C=O) groups is 1. The van der Waals surface area contributed by atoms with Crippen molar-refractivity contribution in [2.75, 3.05) is 13.1 Å². The summed E-state index contributed by atoms with van der Waals surface area (Å²) in [6, 6.07) is 26.2. The van der Waals surface area contributed by atoms with Crippen LogP contribution in [0, 0.1) is 0 Å². The smallest absolute Gasteiger partial charge is 0.320 e. The van der Waals surface area contributed by atoms with E-state index in [0.29, 0.717) is 36.2 Å². The molecule has 0 N–H and O–H groups in total. The second-order valence-electron chi connectivity index (χ2n) is 10.2. The van der Waals surface area contributed by atoms with Gasteiger partial charge in [0.25, 0.3) is 0 Å². The maximum Gasteiger partial charge on any atom is 0.320 e. The van der Waals surface area contributed by atoms with Crippen molar-refractivity contribution < 1.29 is 4.79 Å². The first-order valence-corrected chi connectivity index (χ1v) is 14.0. The second-order valence-corrected chi connectivity index (χ2v) is 11.0. The van der Waals surface area contributed by atoms with Crippen molar-refractivity contribution in [2.45, 2.75) is 38.6 Å². The first kappa shape index (κ1) is 27.3. The van der Waals surface area contributed by atoms with Gasteiger partial charge in [-0.05, 0) is 47.4 Å². The number of hydrogen-bond acceptors (Lipinski definition) is 3.